The number of nitrogens with zero attached hydrogens (tertiary/aromatic N) is 1. The number of rotatable bonds is 4. The van der Waals surface area contributed by atoms with E-state index in [1.54, 1.807) is 0 Å². The number of hydrogen-bond donors (Lipinski definition) is 2. The highest BCUT2D eigenvalue weighted by Crippen LogP contribution is 2.17. The number of carbonyl (C=O) groups is 1. The molecule has 1 aliphatic heterocycles. The van der Waals surface area contributed by atoms with Crippen molar-refractivity contribution in [3.63, 3.8) is 0 Å². The van der Waals surface area contributed by atoms with Gasteiger partial charge in [0, 0.05) is 18.8 Å². The summed E-state index contributed by atoms with van der Waals surface area (Å²) in [5.74, 6) is -0.966. The molecule has 0 spiro atoms. The third kappa shape index (κ3) is 5.17. The molecule has 2 rings (SSSR count). The topological polar surface area (TPSA) is 75.8 Å². The highest BCUT2D eigenvalue weighted by atomic mass is 35.5. The van der Waals surface area contributed by atoms with E-state index in [9.17, 15) is 4.79 Å². The Balaban J connectivity index is 0.00000180. The summed E-state index contributed by atoms with van der Waals surface area (Å²) in [4.78, 5) is 12.9. The molecule has 0 radical (unpaired) electrons. The first-order valence-corrected chi connectivity index (χ1v) is 6.07. The van der Waals surface area contributed by atoms with Crippen molar-refractivity contribution in [1.29, 1.82) is 0 Å². The van der Waals surface area contributed by atoms with Crippen LogP contribution in [0.3, 0.4) is 0 Å². The van der Waals surface area contributed by atoms with Crippen molar-refractivity contribution in [3.05, 3.63) is 29.8 Å². The Hall–Kier alpha value is -1.01. The van der Waals surface area contributed by atoms with E-state index in [1.165, 1.54) is 0 Å². The zero-order valence-electron chi connectivity index (χ0n) is 11.0. The van der Waals surface area contributed by atoms with Crippen molar-refractivity contribution in [3.8, 4) is 0 Å². The first kappa shape index (κ1) is 19.0. The SMILES string of the molecule is Cl.Cl.NC(Cc1ccc(N2CCOCC2)cc1)C(=O)O. The number of anilines is 1. The van der Waals surface area contributed by atoms with Crippen LogP contribution in [-0.4, -0.2) is 43.4 Å². The summed E-state index contributed by atoms with van der Waals surface area (Å²) < 4.78 is 5.30. The lowest BCUT2D eigenvalue weighted by molar-refractivity contribution is -0.138. The monoisotopic (exact) mass is 322 g/mol. The third-order valence-electron chi connectivity index (χ3n) is 3.09. The van der Waals surface area contributed by atoms with Crippen molar-refractivity contribution in [2.75, 3.05) is 31.2 Å². The fraction of sp³-hybridized carbons (Fsp3) is 0.462. The summed E-state index contributed by atoms with van der Waals surface area (Å²) in [6, 6.07) is 7.06. The highest BCUT2D eigenvalue weighted by Gasteiger charge is 2.13. The van der Waals surface area contributed by atoms with Crippen LogP contribution >= 0.6 is 24.8 Å². The van der Waals surface area contributed by atoms with Gasteiger partial charge in [0.05, 0.1) is 13.2 Å². The number of halogens is 2. The molecule has 0 amide bonds. The van der Waals surface area contributed by atoms with Gasteiger partial charge in [-0.05, 0) is 24.1 Å². The summed E-state index contributed by atoms with van der Waals surface area (Å²) in [5, 5.41) is 8.75. The van der Waals surface area contributed by atoms with Crippen LogP contribution < -0.4 is 10.6 Å². The van der Waals surface area contributed by atoms with Gasteiger partial charge in [0.2, 0.25) is 0 Å². The number of benzene rings is 1. The van der Waals surface area contributed by atoms with Crippen molar-refractivity contribution in [2.45, 2.75) is 12.5 Å². The molecule has 0 saturated carbocycles. The summed E-state index contributed by atoms with van der Waals surface area (Å²) in [6.45, 7) is 3.30. The molecule has 114 valence electrons. The van der Waals surface area contributed by atoms with Crippen molar-refractivity contribution in [1.82, 2.24) is 0 Å². The number of morpholine rings is 1. The fourth-order valence-corrected chi connectivity index (χ4v) is 2.01. The molecule has 0 aliphatic carbocycles. The molecule has 7 heteroatoms. The average Bonchev–Trinajstić information content (AvgIpc) is 2.40. The lowest BCUT2D eigenvalue weighted by Crippen LogP contribution is -2.36. The van der Waals surface area contributed by atoms with E-state index in [2.05, 4.69) is 4.90 Å². The Morgan fingerprint density at radius 3 is 2.30 bits per heavy atom. The summed E-state index contributed by atoms with van der Waals surface area (Å²) in [6.07, 6.45) is 0.360. The largest absolute Gasteiger partial charge is 0.480 e. The van der Waals surface area contributed by atoms with Gasteiger partial charge in [0.25, 0.3) is 0 Å². The Morgan fingerprint density at radius 1 is 1.25 bits per heavy atom. The zero-order valence-corrected chi connectivity index (χ0v) is 12.7. The molecule has 0 bridgehead atoms. The lowest BCUT2D eigenvalue weighted by Gasteiger charge is -2.29. The quantitative estimate of drug-likeness (QED) is 0.874. The van der Waals surface area contributed by atoms with Gasteiger partial charge in [-0.2, -0.15) is 0 Å². The van der Waals surface area contributed by atoms with Gasteiger partial charge < -0.3 is 20.5 Å². The Bertz CT molecular complexity index is 409. The van der Waals surface area contributed by atoms with Crippen LogP contribution in [0.2, 0.25) is 0 Å². The van der Waals surface area contributed by atoms with E-state index in [1.807, 2.05) is 24.3 Å². The van der Waals surface area contributed by atoms with E-state index in [0.717, 1.165) is 37.6 Å². The molecule has 1 fully saturated rings. The number of carboxylic acid groups (broad SMARTS) is 1. The van der Waals surface area contributed by atoms with Crippen molar-refractivity contribution >= 4 is 36.5 Å². The Labute approximate surface area is 130 Å². The van der Waals surface area contributed by atoms with Crippen LogP contribution in [-0.2, 0) is 16.0 Å². The van der Waals surface area contributed by atoms with Gasteiger partial charge in [-0.15, -0.1) is 24.8 Å². The summed E-state index contributed by atoms with van der Waals surface area (Å²) in [7, 11) is 0. The Kier molecular flexibility index (Phi) is 8.57. The third-order valence-corrected chi connectivity index (χ3v) is 3.09. The normalized spacial score (nSPS) is 15.8. The molecule has 1 saturated heterocycles. The second kappa shape index (κ2) is 9.02. The van der Waals surface area contributed by atoms with Crippen LogP contribution in [0.4, 0.5) is 5.69 Å². The molecular weight excluding hydrogens is 303 g/mol. The molecule has 1 aromatic rings. The predicted molar refractivity (Wildman–Crippen MR) is 83.3 cm³/mol. The minimum Gasteiger partial charge on any atom is -0.480 e. The van der Waals surface area contributed by atoms with E-state index in [4.69, 9.17) is 15.6 Å². The molecule has 3 N–H and O–H groups in total. The second-order valence-electron chi connectivity index (χ2n) is 4.41. The molecule has 1 atom stereocenters. The molecule has 1 heterocycles. The van der Waals surface area contributed by atoms with Gasteiger partial charge in [0.15, 0.2) is 0 Å². The van der Waals surface area contributed by atoms with E-state index >= 15 is 0 Å². The molecule has 1 aliphatic rings. The number of aliphatic carboxylic acids is 1. The molecule has 1 unspecified atom stereocenters. The van der Waals surface area contributed by atoms with E-state index in [-0.39, 0.29) is 24.8 Å². The predicted octanol–water partition coefficient (Wildman–Crippen LogP) is 1.32. The molecule has 5 nitrogen and oxygen atoms in total. The minimum atomic E-state index is -0.966. The van der Waals surface area contributed by atoms with Crippen LogP contribution in [0.25, 0.3) is 0 Å². The molecule has 0 aromatic heterocycles. The van der Waals surface area contributed by atoms with Gasteiger partial charge in [-0.3, -0.25) is 4.79 Å². The van der Waals surface area contributed by atoms with Crippen LogP contribution in [0.1, 0.15) is 5.56 Å². The number of hydrogen-bond acceptors (Lipinski definition) is 4. The fourth-order valence-electron chi connectivity index (χ4n) is 2.01. The maximum Gasteiger partial charge on any atom is 0.320 e. The van der Waals surface area contributed by atoms with E-state index in [0.29, 0.717) is 6.42 Å². The lowest BCUT2D eigenvalue weighted by atomic mass is 10.1. The number of nitrogens with two attached hydrogens (primary N) is 1. The van der Waals surface area contributed by atoms with Gasteiger partial charge in [-0.1, -0.05) is 12.1 Å². The van der Waals surface area contributed by atoms with E-state index < -0.39 is 12.0 Å². The second-order valence-corrected chi connectivity index (χ2v) is 4.41. The first-order chi connectivity index (χ1) is 8.66. The maximum atomic E-state index is 10.7. The maximum absolute atomic E-state index is 10.7. The van der Waals surface area contributed by atoms with Crippen molar-refractivity contribution < 1.29 is 14.6 Å². The summed E-state index contributed by atoms with van der Waals surface area (Å²) in [5.41, 5.74) is 7.59. The van der Waals surface area contributed by atoms with Gasteiger partial charge in [-0.25, -0.2) is 0 Å². The van der Waals surface area contributed by atoms with Gasteiger partial charge >= 0.3 is 5.97 Å². The molecule has 20 heavy (non-hydrogen) atoms. The smallest absolute Gasteiger partial charge is 0.320 e. The van der Waals surface area contributed by atoms with Crippen LogP contribution in [0.5, 0.6) is 0 Å². The zero-order chi connectivity index (χ0) is 13.0. The summed E-state index contributed by atoms with van der Waals surface area (Å²) >= 11 is 0. The average molecular weight is 323 g/mol. The molecular formula is C13H20Cl2N2O3. The number of carboxylic acids is 1. The van der Waals surface area contributed by atoms with Crippen LogP contribution in [0.15, 0.2) is 24.3 Å². The molecule has 1 aromatic carbocycles. The van der Waals surface area contributed by atoms with Gasteiger partial charge in [0.1, 0.15) is 6.04 Å². The minimum absolute atomic E-state index is 0. The number of ether oxygens (including phenoxy) is 1. The highest BCUT2D eigenvalue weighted by molar-refractivity contribution is 5.85. The standard InChI is InChI=1S/C13H18N2O3.2ClH/c14-12(13(16)17)9-10-1-3-11(4-2-10)15-5-7-18-8-6-15;;/h1-4,12H,5-9,14H2,(H,16,17);2*1H. The van der Waals surface area contributed by atoms with Crippen LogP contribution in [0, 0.1) is 0 Å². The Morgan fingerprint density at radius 2 is 1.80 bits per heavy atom. The van der Waals surface area contributed by atoms with Crippen molar-refractivity contribution in [2.24, 2.45) is 5.73 Å². The first-order valence-electron chi connectivity index (χ1n) is 6.07.